The number of amides is 2. The molecule has 2 aromatic rings. The normalized spacial score (nSPS) is 16.0. The highest BCUT2D eigenvalue weighted by atomic mass is 32.1. The first-order chi connectivity index (χ1) is 14.9. The molecule has 1 saturated heterocycles. The molecule has 1 unspecified atom stereocenters. The van der Waals surface area contributed by atoms with Crippen LogP contribution in [-0.4, -0.2) is 53.0 Å². The van der Waals surface area contributed by atoms with Crippen molar-refractivity contribution in [3.63, 3.8) is 0 Å². The van der Waals surface area contributed by atoms with Crippen molar-refractivity contribution >= 4 is 29.1 Å². The molecule has 164 valence electrons. The predicted molar refractivity (Wildman–Crippen MR) is 120 cm³/mol. The summed E-state index contributed by atoms with van der Waals surface area (Å²) in [5, 5.41) is 3.14. The molecular formula is C23H26FN3O3S. The van der Waals surface area contributed by atoms with Crippen molar-refractivity contribution in [1.82, 2.24) is 15.1 Å². The van der Waals surface area contributed by atoms with Gasteiger partial charge in [-0.1, -0.05) is 24.3 Å². The number of halogens is 1. The van der Waals surface area contributed by atoms with Gasteiger partial charge in [0.2, 0.25) is 5.91 Å². The molecule has 1 fully saturated rings. The minimum atomic E-state index is -0.655. The minimum absolute atomic E-state index is 0.0370. The molecule has 2 aromatic carbocycles. The molecule has 1 aliphatic heterocycles. The van der Waals surface area contributed by atoms with E-state index in [1.54, 1.807) is 19.2 Å². The van der Waals surface area contributed by atoms with Crippen molar-refractivity contribution in [2.24, 2.45) is 0 Å². The van der Waals surface area contributed by atoms with E-state index in [1.165, 1.54) is 17.0 Å². The van der Waals surface area contributed by atoms with E-state index in [-0.39, 0.29) is 30.6 Å². The Balaban J connectivity index is 1.76. The highest BCUT2D eigenvalue weighted by Gasteiger charge is 2.42. The van der Waals surface area contributed by atoms with Crippen molar-refractivity contribution in [2.75, 3.05) is 20.2 Å². The Morgan fingerprint density at radius 2 is 1.77 bits per heavy atom. The van der Waals surface area contributed by atoms with Crippen LogP contribution < -0.4 is 10.1 Å². The standard InChI is InChI=1S/C23H26FN3O3S/c1-3-25-21(28)14-20-22(29)27(15-17-4-8-18(24)9-5-17)23(31)26(20)13-12-16-6-10-19(30-2)11-7-16/h4-11,20H,3,12-15H2,1-2H3,(H,25,28). The zero-order chi connectivity index (χ0) is 22.4. The van der Waals surface area contributed by atoms with Crippen molar-refractivity contribution in [3.05, 3.63) is 65.5 Å². The Labute approximate surface area is 187 Å². The van der Waals surface area contributed by atoms with Gasteiger partial charge in [0.1, 0.15) is 17.6 Å². The molecule has 0 spiro atoms. The number of nitrogens with one attached hydrogen (secondary N) is 1. The minimum Gasteiger partial charge on any atom is -0.497 e. The third-order valence-corrected chi connectivity index (χ3v) is 5.67. The maximum atomic E-state index is 13.2. The average Bonchev–Trinajstić information content (AvgIpc) is 2.98. The molecule has 1 atom stereocenters. The Morgan fingerprint density at radius 1 is 1.13 bits per heavy atom. The number of rotatable bonds is 9. The van der Waals surface area contributed by atoms with Gasteiger partial charge in [0.25, 0.3) is 5.91 Å². The Hall–Kier alpha value is -3.00. The van der Waals surface area contributed by atoms with Gasteiger partial charge in [0.05, 0.1) is 20.1 Å². The lowest BCUT2D eigenvalue weighted by molar-refractivity contribution is -0.132. The lowest BCUT2D eigenvalue weighted by atomic mass is 10.1. The highest BCUT2D eigenvalue weighted by Crippen LogP contribution is 2.24. The van der Waals surface area contributed by atoms with Crippen LogP contribution in [0, 0.1) is 5.82 Å². The molecule has 1 N–H and O–H groups in total. The second-order valence-electron chi connectivity index (χ2n) is 7.30. The summed E-state index contributed by atoms with van der Waals surface area (Å²) in [7, 11) is 1.62. The molecule has 3 rings (SSSR count). The summed E-state index contributed by atoms with van der Waals surface area (Å²) in [5.41, 5.74) is 1.84. The largest absolute Gasteiger partial charge is 0.497 e. The van der Waals surface area contributed by atoms with Crippen LogP contribution in [-0.2, 0) is 22.6 Å². The summed E-state index contributed by atoms with van der Waals surface area (Å²) in [6.45, 7) is 3.07. The van der Waals surface area contributed by atoms with Gasteiger partial charge in [-0.05, 0) is 61.0 Å². The Bertz CT molecular complexity index is 934. The lowest BCUT2D eigenvalue weighted by Crippen LogP contribution is -2.40. The molecule has 0 aliphatic carbocycles. The van der Waals surface area contributed by atoms with Crippen molar-refractivity contribution < 1.29 is 18.7 Å². The van der Waals surface area contributed by atoms with E-state index in [1.807, 2.05) is 36.1 Å². The maximum Gasteiger partial charge on any atom is 0.252 e. The summed E-state index contributed by atoms with van der Waals surface area (Å²) < 4.78 is 18.4. The molecule has 0 radical (unpaired) electrons. The van der Waals surface area contributed by atoms with Gasteiger partial charge in [-0.2, -0.15) is 0 Å². The first-order valence-electron chi connectivity index (χ1n) is 10.2. The van der Waals surface area contributed by atoms with Gasteiger partial charge in [-0.25, -0.2) is 4.39 Å². The van der Waals surface area contributed by atoms with Crippen molar-refractivity contribution in [2.45, 2.75) is 32.4 Å². The number of methoxy groups -OCH3 is 1. The number of thiocarbonyl (C=S) groups is 1. The smallest absolute Gasteiger partial charge is 0.252 e. The van der Waals surface area contributed by atoms with Gasteiger partial charge in [-0.3, -0.25) is 14.5 Å². The Kier molecular flexibility index (Phi) is 7.57. The molecule has 2 amide bonds. The predicted octanol–water partition coefficient (Wildman–Crippen LogP) is 2.90. The number of ether oxygens (including phenoxy) is 1. The van der Waals surface area contributed by atoms with Gasteiger partial charge >= 0.3 is 0 Å². The van der Waals surface area contributed by atoms with Crippen LogP contribution in [0.25, 0.3) is 0 Å². The molecule has 0 bridgehead atoms. The SMILES string of the molecule is CCNC(=O)CC1C(=O)N(Cc2ccc(F)cc2)C(=S)N1CCc1ccc(OC)cc1. The second-order valence-corrected chi connectivity index (χ2v) is 7.66. The third-order valence-electron chi connectivity index (χ3n) is 5.21. The number of carbonyl (C=O) groups excluding carboxylic acids is 2. The molecular weight excluding hydrogens is 417 g/mol. The van der Waals surface area contributed by atoms with Crippen LogP contribution in [0.3, 0.4) is 0 Å². The van der Waals surface area contributed by atoms with Crippen LogP contribution >= 0.6 is 12.2 Å². The van der Waals surface area contributed by atoms with Crippen LogP contribution in [0.5, 0.6) is 5.75 Å². The van der Waals surface area contributed by atoms with E-state index in [2.05, 4.69) is 5.32 Å². The van der Waals surface area contributed by atoms with E-state index in [0.29, 0.717) is 24.6 Å². The second kappa shape index (κ2) is 10.3. The zero-order valence-electron chi connectivity index (χ0n) is 17.6. The van der Waals surface area contributed by atoms with Gasteiger partial charge in [0.15, 0.2) is 5.11 Å². The fourth-order valence-corrected chi connectivity index (χ4v) is 3.92. The molecule has 1 aliphatic rings. The molecule has 31 heavy (non-hydrogen) atoms. The molecule has 0 aromatic heterocycles. The molecule has 1 heterocycles. The summed E-state index contributed by atoms with van der Waals surface area (Å²) in [6, 6.07) is 13.0. The fraction of sp³-hybridized carbons (Fsp3) is 0.348. The van der Waals surface area contributed by atoms with Gasteiger partial charge in [0, 0.05) is 13.1 Å². The molecule has 8 heteroatoms. The number of benzene rings is 2. The highest BCUT2D eigenvalue weighted by molar-refractivity contribution is 7.80. The first-order valence-corrected chi connectivity index (χ1v) is 10.6. The van der Waals surface area contributed by atoms with E-state index in [4.69, 9.17) is 17.0 Å². The van der Waals surface area contributed by atoms with Crippen LogP contribution in [0.4, 0.5) is 4.39 Å². The van der Waals surface area contributed by atoms with Gasteiger partial charge in [-0.15, -0.1) is 0 Å². The maximum absolute atomic E-state index is 13.2. The first kappa shape index (κ1) is 22.7. The Morgan fingerprint density at radius 3 is 2.39 bits per heavy atom. The van der Waals surface area contributed by atoms with Crippen molar-refractivity contribution in [3.8, 4) is 5.75 Å². The summed E-state index contributed by atoms with van der Waals surface area (Å²) >= 11 is 5.62. The summed E-state index contributed by atoms with van der Waals surface area (Å²) in [6.07, 6.45) is 0.697. The number of hydrogen-bond donors (Lipinski definition) is 1. The van der Waals surface area contributed by atoms with E-state index in [9.17, 15) is 14.0 Å². The van der Waals surface area contributed by atoms with E-state index in [0.717, 1.165) is 16.9 Å². The van der Waals surface area contributed by atoms with Gasteiger partial charge < -0.3 is 15.0 Å². The van der Waals surface area contributed by atoms with Crippen LogP contribution in [0.15, 0.2) is 48.5 Å². The average molecular weight is 444 g/mol. The van der Waals surface area contributed by atoms with Crippen molar-refractivity contribution in [1.29, 1.82) is 0 Å². The zero-order valence-corrected chi connectivity index (χ0v) is 18.5. The number of nitrogens with zero attached hydrogens (tertiary/aromatic N) is 2. The molecule has 6 nitrogen and oxygen atoms in total. The van der Waals surface area contributed by atoms with E-state index < -0.39 is 6.04 Å². The summed E-state index contributed by atoms with van der Waals surface area (Å²) in [5.74, 6) is 0.0292. The molecule has 0 saturated carbocycles. The van der Waals surface area contributed by atoms with Crippen LogP contribution in [0.1, 0.15) is 24.5 Å². The lowest BCUT2D eigenvalue weighted by Gasteiger charge is -2.24. The quantitative estimate of drug-likeness (QED) is 0.604. The topological polar surface area (TPSA) is 61.9 Å². The number of hydrogen-bond acceptors (Lipinski definition) is 4. The third kappa shape index (κ3) is 5.58. The monoisotopic (exact) mass is 443 g/mol. The number of carbonyl (C=O) groups is 2. The fourth-order valence-electron chi connectivity index (χ4n) is 3.55. The van der Waals surface area contributed by atoms with Crippen LogP contribution in [0.2, 0.25) is 0 Å². The van der Waals surface area contributed by atoms with E-state index >= 15 is 0 Å². The summed E-state index contributed by atoms with van der Waals surface area (Å²) in [4.78, 5) is 28.7.